The van der Waals surface area contributed by atoms with Gasteiger partial charge in [0.05, 0.1) is 0 Å². The van der Waals surface area contributed by atoms with E-state index < -0.39 is 11.6 Å². The Morgan fingerprint density at radius 1 is 1.31 bits per heavy atom. The Balaban J connectivity index is 1.36. The number of nitrogens with zero attached hydrogens (tertiary/aromatic N) is 2. The van der Waals surface area contributed by atoms with Crippen molar-refractivity contribution in [1.82, 2.24) is 15.5 Å². The van der Waals surface area contributed by atoms with Crippen LogP contribution in [0.1, 0.15) is 38.2 Å². The maximum atomic E-state index is 13.4. The van der Waals surface area contributed by atoms with Gasteiger partial charge >= 0.3 is 6.03 Å². The maximum Gasteiger partial charge on any atom is 0.325 e. The third kappa shape index (κ3) is 3.80. The van der Waals surface area contributed by atoms with Gasteiger partial charge in [-0.3, -0.25) is 14.5 Å². The lowest BCUT2D eigenvalue weighted by atomic mass is 9.96. The first kappa shape index (κ1) is 19.7. The van der Waals surface area contributed by atoms with Gasteiger partial charge in [0.2, 0.25) is 5.91 Å². The number of hydrogen-bond acceptors (Lipinski definition) is 4. The first-order valence-electron chi connectivity index (χ1n) is 10.2. The van der Waals surface area contributed by atoms with E-state index in [1.807, 2.05) is 6.92 Å². The summed E-state index contributed by atoms with van der Waals surface area (Å²) < 4.78 is 13.4. The molecule has 0 radical (unpaired) electrons. The average molecular weight is 402 g/mol. The highest BCUT2D eigenvalue weighted by atomic mass is 19.1. The van der Waals surface area contributed by atoms with E-state index >= 15 is 0 Å². The van der Waals surface area contributed by atoms with Crippen LogP contribution in [0.25, 0.3) is 0 Å². The number of amides is 4. The molecule has 156 valence electrons. The SMILES string of the molecule is Cc1cc(F)ccc1N1CCCC(NC(=O)CN2C(=O)NC(C)(C3CC3)C2=O)C1. The molecule has 3 aliphatic rings. The summed E-state index contributed by atoms with van der Waals surface area (Å²) in [4.78, 5) is 40.6. The normalized spacial score (nSPS) is 27.2. The number of aryl methyl sites for hydroxylation is 1. The van der Waals surface area contributed by atoms with Gasteiger partial charge in [-0.05, 0) is 69.2 Å². The van der Waals surface area contributed by atoms with Gasteiger partial charge in [-0.2, -0.15) is 0 Å². The molecule has 1 aromatic carbocycles. The van der Waals surface area contributed by atoms with Gasteiger partial charge in [-0.15, -0.1) is 0 Å². The Morgan fingerprint density at radius 2 is 2.07 bits per heavy atom. The second-order valence-electron chi connectivity index (χ2n) is 8.58. The molecule has 7 nitrogen and oxygen atoms in total. The van der Waals surface area contributed by atoms with Crippen molar-refractivity contribution in [3.63, 3.8) is 0 Å². The molecular formula is C21H27FN4O3. The quantitative estimate of drug-likeness (QED) is 0.738. The number of imide groups is 1. The largest absolute Gasteiger partial charge is 0.369 e. The van der Waals surface area contributed by atoms with Crippen molar-refractivity contribution in [2.24, 2.45) is 5.92 Å². The fraction of sp³-hybridized carbons (Fsp3) is 0.571. The van der Waals surface area contributed by atoms with Crippen LogP contribution < -0.4 is 15.5 Å². The zero-order valence-corrected chi connectivity index (χ0v) is 16.8. The smallest absolute Gasteiger partial charge is 0.325 e. The highest BCUT2D eigenvalue weighted by Gasteiger charge is 2.56. The Morgan fingerprint density at radius 3 is 2.76 bits per heavy atom. The van der Waals surface area contributed by atoms with Gasteiger partial charge in [0, 0.05) is 24.8 Å². The minimum Gasteiger partial charge on any atom is -0.369 e. The number of nitrogens with one attached hydrogen (secondary N) is 2. The highest BCUT2D eigenvalue weighted by molar-refractivity contribution is 6.09. The van der Waals surface area contributed by atoms with Crippen molar-refractivity contribution in [3.8, 4) is 0 Å². The first-order chi connectivity index (χ1) is 13.8. The maximum absolute atomic E-state index is 13.4. The number of urea groups is 1. The molecule has 0 spiro atoms. The van der Waals surface area contributed by atoms with Crippen LogP contribution in [0.15, 0.2) is 18.2 Å². The fourth-order valence-corrected chi connectivity index (χ4v) is 4.50. The zero-order valence-electron chi connectivity index (χ0n) is 16.8. The van der Waals surface area contributed by atoms with Gasteiger partial charge in [-0.25, -0.2) is 9.18 Å². The van der Waals surface area contributed by atoms with Crippen LogP contribution >= 0.6 is 0 Å². The van der Waals surface area contributed by atoms with E-state index in [2.05, 4.69) is 15.5 Å². The number of carbonyl (C=O) groups excluding carboxylic acids is 3. The van der Waals surface area contributed by atoms with Crippen molar-refractivity contribution < 1.29 is 18.8 Å². The van der Waals surface area contributed by atoms with E-state index in [0.717, 1.165) is 48.4 Å². The van der Waals surface area contributed by atoms with Crippen LogP contribution in [0, 0.1) is 18.7 Å². The van der Waals surface area contributed by atoms with Crippen LogP contribution in [0.3, 0.4) is 0 Å². The van der Waals surface area contributed by atoms with Gasteiger partial charge in [0.1, 0.15) is 17.9 Å². The predicted octanol–water partition coefficient (Wildman–Crippen LogP) is 1.94. The van der Waals surface area contributed by atoms with E-state index in [1.165, 1.54) is 12.1 Å². The summed E-state index contributed by atoms with van der Waals surface area (Å²) in [6, 6.07) is 4.13. The standard InChI is InChI=1S/C21H27FN4O3/c1-13-10-15(22)7-8-17(13)25-9-3-4-16(11-25)23-18(27)12-26-19(28)21(2,14-5-6-14)24-20(26)29/h7-8,10,14,16H,3-6,9,11-12H2,1-2H3,(H,23,27)(H,24,29). The summed E-state index contributed by atoms with van der Waals surface area (Å²) >= 11 is 0. The van der Waals surface area contributed by atoms with Crippen LogP contribution in [-0.4, -0.2) is 54.0 Å². The van der Waals surface area contributed by atoms with Crippen molar-refractivity contribution in [3.05, 3.63) is 29.6 Å². The molecule has 1 aliphatic carbocycles. The molecular weight excluding hydrogens is 375 g/mol. The van der Waals surface area contributed by atoms with Crippen LogP contribution in [0.5, 0.6) is 0 Å². The third-order valence-corrected chi connectivity index (χ3v) is 6.28. The average Bonchev–Trinajstić information content (AvgIpc) is 3.48. The molecule has 3 fully saturated rings. The molecule has 1 aromatic rings. The molecule has 8 heteroatoms. The second-order valence-corrected chi connectivity index (χ2v) is 8.58. The van der Waals surface area contributed by atoms with E-state index in [0.29, 0.717) is 6.54 Å². The van der Waals surface area contributed by atoms with Crippen molar-refractivity contribution in [2.45, 2.75) is 51.1 Å². The molecule has 2 aliphatic heterocycles. The first-order valence-corrected chi connectivity index (χ1v) is 10.2. The summed E-state index contributed by atoms with van der Waals surface area (Å²) in [5, 5.41) is 5.72. The number of piperidine rings is 1. The van der Waals surface area contributed by atoms with Crippen molar-refractivity contribution in [2.75, 3.05) is 24.5 Å². The van der Waals surface area contributed by atoms with E-state index in [-0.39, 0.29) is 36.1 Å². The van der Waals surface area contributed by atoms with Crippen molar-refractivity contribution in [1.29, 1.82) is 0 Å². The Kier molecular flexibility index (Phi) is 4.96. The van der Waals surface area contributed by atoms with Crippen LogP contribution in [-0.2, 0) is 9.59 Å². The molecule has 2 heterocycles. The number of rotatable bonds is 5. The van der Waals surface area contributed by atoms with Gasteiger partial charge in [-0.1, -0.05) is 0 Å². The molecule has 29 heavy (non-hydrogen) atoms. The lowest BCUT2D eigenvalue weighted by Crippen LogP contribution is -2.51. The summed E-state index contributed by atoms with van der Waals surface area (Å²) in [5.41, 5.74) is 0.939. The summed E-state index contributed by atoms with van der Waals surface area (Å²) in [5.74, 6) is -0.749. The van der Waals surface area contributed by atoms with Crippen LogP contribution in [0.2, 0.25) is 0 Å². The van der Waals surface area contributed by atoms with Gasteiger partial charge < -0.3 is 15.5 Å². The zero-order chi connectivity index (χ0) is 20.8. The summed E-state index contributed by atoms with van der Waals surface area (Å²) in [7, 11) is 0. The molecule has 4 rings (SSSR count). The van der Waals surface area contributed by atoms with Crippen LogP contribution in [0.4, 0.5) is 14.9 Å². The number of benzene rings is 1. The number of hydrogen-bond donors (Lipinski definition) is 2. The lowest BCUT2D eigenvalue weighted by Gasteiger charge is -2.35. The predicted molar refractivity (Wildman–Crippen MR) is 106 cm³/mol. The Hall–Kier alpha value is -2.64. The molecule has 0 bridgehead atoms. The van der Waals surface area contributed by atoms with E-state index in [9.17, 15) is 18.8 Å². The monoisotopic (exact) mass is 402 g/mol. The lowest BCUT2D eigenvalue weighted by molar-refractivity contribution is -0.135. The number of carbonyl (C=O) groups is 3. The Bertz CT molecular complexity index is 856. The molecule has 1 saturated carbocycles. The number of anilines is 1. The molecule has 2 atom stereocenters. The summed E-state index contributed by atoms with van der Waals surface area (Å²) in [6.07, 6.45) is 3.56. The van der Waals surface area contributed by atoms with E-state index in [4.69, 9.17) is 0 Å². The fourth-order valence-electron chi connectivity index (χ4n) is 4.50. The molecule has 4 amide bonds. The van der Waals surface area contributed by atoms with Gasteiger partial charge in [0.25, 0.3) is 5.91 Å². The molecule has 2 N–H and O–H groups in total. The third-order valence-electron chi connectivity index (χ3n) is 6.28. The molecule has 0 aromatic heterocycles. The molecule has 2 unspecified atom stereocenters. The second kappa shape index (κ2) is 7.31. The van der Waals surface area contributed by atoms with E-state index in [1.54, 1.807) is 13.0 Å². The molecule has 2 saturated heterocycles. The number of halogens is 1. The minimum absolute atomic E-state index is 0.0868. The minimum atomic E-state index is -0.876. The van der Waals surface area contributed by atoms with Crippen molar-refractivity contribution >= 4 is 23.5 Å². The summed E-state index contributed by atoms with van der Waals surface area (Å²) in [6.45, 7) is 4.80. The highest BCUT2D eigenvalue weighted by Crippen LogP contribution is 2.42. The Labute approximate surface area is 169 Å². The van der Waals surface area contributed by atoms with Gasteiger partial charge in [0.15, 0.2) is 0 Å². The topological polar surface area (TPSA) is 81.8 Å².